The SMILES string of the molecule is CC(C)CN1CCOC(CNC(=O)C(C)Oc2ccc(Br)cc2)C1. The van der Waals surface area contributed by atoms with Crippen molar-refractivity contribution in [2.75, 3.05) is 32.8 Å². The van der Waals surface area contributed by atoms with Gasteiger partial charge < -0.3 is 14.8 Å². The van der Waals surface area contributed by atoms with Crippen LogP contribution in [0.4, 0.5) is 0 Å². The largest absolute Gasteiger partial charge is 0.481 e. The lowest BCUT2D eigenvalue weighted by atomic mass is 10.2. The Labute approximate surface area is 152 Å². The van der Waals surface area contributed by atoms with Gasteiger partial charge in [0.05, 0.1) is 12.7 Å². The van der Waals surface area contributed by atoms with Crippen molar-refractivity contribution in [2.45, 2.75) is 33.0 Å². The van der Waals surface area contributed by atoms with Crippen LogP contribution in [0.15, 0.2) is 28.7 Å². The lowest BCUT2D eigenvalue weighted by molar-refractivity contribution is -0.128. The van der Waals surface area contributed by atoms with Gasteiger partial charge in [0, 0.05) is 30.7 Å². The van der Waals surface area contributed by atoms with Gasteiger partial charge in [0.15, 0.2) is 6.10 Å². The molecule has 0 saturated carbocycles. The van der Waals surface area contributed by atoms with Crippen LogP contribution in [0.25, 0.3) is 0 Å². The molecule has 1 aliphatic heterocycles. The maximum atomic E-state index is 12.2. The summed E-state index contributed by atoms with van der Waals surface area (Å²) in [5, 5.41) is 2.93. The summed E-state index contributed by atoms with van der Waals surface area (Å²) >= 11 is 3.38. The zero-order chi connectivity index (χ0) is 17.5. The van der Waals surface area contributed by atoms with Crippen molar-refractivity contribution in [1.29, 1.82) is 0 Å². The van der Waals surface area contributed by atoms with E-state index in [0.717, 1.165) is 30.7 Å². The second-order valence-electron chi connectivity index (χ2n) is 6.61. The Kier molecular flexibility index (Phi) is 7.52. The highest BCUT2D eigenvalue weighted by Gasteiger charge is 2.22. The second kappa shape index (κ2) is 9.39. The van der Waals surface area contributed by atoms with E-state index >= 15 is 0 Å². The van der Waals surface area contributed by atoms with Crippen molar-refractivity contribution in [2.24, 2.45) is 5.92 Å². The Bertz CT molecular complexity index is 522. The Hall–Kier alpha value is -1.11. The van der Waals surface area contributed by atoms with E-state index in [1.54, 1.807) is 6.92 Å². The van der Waals surface area contributed by atoms with Gasteiger partial charge in [0.1, 0.15) is 5.75 Å². The number of carbonyl (C=O) groups is 1. The molecular weight excluding hydrogens is 372 g/mol. The molecule has 1 N–H and O–H groups in total. The molecule has 0 spiro atoms. The van der Waals surface area contributed by atoms with Crippen molar-refractivity contribution >= 4 is 21.8 Å². The quantitative estimate of drug-likeness (QED) is 0.766. The third-order valence-corrected chi connectivity index (χ3v) is 4.37. The maximum Gasteiger partial charge on any atom is 0.260 e. The smallest absolute Gasteiger partial charge is 0.260 e. The molecule has 0 radical (unpaired) electrons. The zero-order valence-electron chi connectivity index (χ0n) is 14.6. The summed E-state index contributed by atoms with van der Waals surface area (Å²) in [6.45, 7) is 10.3. The van der Waals surface area contributed by atoms with Crippen LogP contribution in [-0.2, 0) is 9.53 Å². The molecule has 2 atom stereocenters. The summed E-state index contributed by atoms with van der Waals surface area (Å²) in [6.07, 6.45) is -0.497. The predicted octanol–water partition coefficient (Wildman–Crippen LogP) is 2.69. The molecule has 2 unspecified atom stereocenters. The van der Waals surface area contributed by atoms with Gasteiger partial charge in [-0.1, -0.05) is 29.8 Å². The van der Waals surface area contributed by atoms with Gasteiger partial charge in [0.25, 0.3) is 5.91 Å². The van der Waals surface area contributed by atoms with Crippen LogP contribution in [0.2, 0.25) is 0 Å². The average Bonchev–Trinajstić information content (AvgIpc) is 2.54. The van der Waals surface area contributed by atoms with Gasteiger partial charge in [0.2, 0.25) is 0 Å². The minimum absolute atomic E-state index is 0.0429. The topological polar surface area (TPSA) is 50.8 Å². The van der Waals surface area contributed by atoms with Gasteiger partial charge in [-0.2, -0.15) is 0 Å². The number of hydrogen-bond acceptors (Lipinski definition) is 4. The van der Waals surface area contributed by atoms with Crippen LogP contribution in [0.5, 0.6) is 5.75 Å². The number of nitrogens with one attached hydrogen (secondary N) is 1. The van der Waals surface area contributed by atoms with Crippen LogP contribution in [0, 0.1) is 5.92 Å². The molecule has 134 valence electrons. The third kappa shape index (κ3) is 6.42. The van der Waals surface area contributed by atoms with E-state index in [9.17, 15) is 4.79 Å². The number of amides is 1. The summed E-state index contributed by atoms with van der Waals surface area (Å²) in [7, 11) is 0. The van der Waals surface area contributed by atoms with Crippen LogP contribution in [-0.4, -0.2) is 55.8 Å². The molecule has 2 rings (SSSR count). The molecular formula is C18H27BrN2O3. The molecule has 6 heteroatoms. The highest BCUT2D eigenvalue weighted by atomic mass is 79.9. The zero-order valence-corrected chi connectivity index (χ0v) is 16.2. The first-order chi connectivity index (χ1) is 11.4. The van der Waals surface area contributed by atoms with Crippen LogP contribution in [0.3, 0.4) is 0 Å². The Morgan fingerprint density at radius 1 is 1.38 bits per heavy atom. The minimum atomic E-state index is -0.540. The number of benzene rings is 1. The second-order valence-corrected chi connectivity index (χ2v) is 7.52. The van der Waals surface area contributed by atoms with E-state index in [2.05, 4.69) is 40.0 Å². The first-order valence-corrected chi connectivity index (χ1v) is 9.27. The molecule has 0 aliphatic carbocycles. The molecule has 0 bridgehead atoms. The normalized spacial score (nSPS) is 20.0. The number of morpholine rings is 1. The third-order valence-electron chi connectivity index (χ3n) is 3.85. The first kappa shape index (κ1) is 19.2. The Balaban J connectivity index is 1.74. The van der Waals surface area contributed by atoms with Crippen LogP contribution in [0.1, 0.15) is 20.8 Å². The van der Waals surface area contributed by atoms with Crippen molar-refractivity contribution in [3.8, 4) is 5.75 Å². The van der Waals surface area contributed by atoms with E-state index < -0.39 is 6.10 Å². The lowest BCUT2D eigenvalue weighted by Gasteiger charge is -2.34. The minimum Gasteiger partial charge on any atom is -0.481 e. The summed E-state index contributed by atoms with van der Waals surface area (Å²) in [4.78, 5) is 14.6. The van der Waals surface area contributed by atoms with Crippen molar-refractivity contribution in [3.05, 3.63) is 28.7 Å². The number of rotatable bonds is 7. The van der Waals surface area contributed by atoms with Crippen molar-refractivity contribution in [3.63, 3.8) is 0 Å². The summed E-state index contributed by atoms with van der Waals surface area (Å²) < 4.78 is 12.4. The van der Waals surface area contributed by atoms with Crippen molar-refractivity contribution < 1.29 is 14.3 Å². The molecule has 1 heterocycles. The lowest BCUT2D eigenvalue weighted by Crippen LogP contribution is -2.49. The number of carbonyl (C=O) groups excluding carboxylic acids is 1. The highest BCUT2D eigenvalue weighted by molar-refractivity contribution is 9.10. The van der Waals surface area contributed by atoms with Crippen molar-refractivity contribution in [1.82, 2.24) is 10.2 Å². The molecule has 5 nitrogen and oxygen atoms in total. The van der Waals surface area contributed by atoms with Gasteiger partial charge in [-0.15, -0.1) is 0 Å². The molecule has 1 aromatic rings. The van der Waals surface area contributed by atoms with Gasteiger partial charge in [-0.3, -0.25) is 9.69 Å². The fourth-order valence-electron chi connectivity index (χ4n) is 2.72. The van der Waals surface area contributed by atoms with Gasteiger partial charge in [-0.05, 0) is 37.1 Å². The summed E-state index contributed by atoms with van der Waals surface area (Å²) in [5.74, 6) is 1.19. The van der Waals surface area contributed by atoms with E-state index in [-0.39, 0.29) is 12.0 Å². The number of hydrogen-bond donors (Lipinski definition) is 1. The maximum absolute atomic E-state index is 12.2. The molecule has 1 aliphatic rings. The standard InChI is InChI=1S/C18H27BrN2O3/c1-13(2)11-21-8-9-23-17(12-21)10-20-18(22)14(3)24-16-6-4-15(19)5-7-16/h4-7,13-14,17H,8-12H2,1-3H3,(H,20,22). The number of ether oxygens (including phenoxy) is 2. The van der Waals surface area contributed by atoms with Crippen LogP contribution < -0.4 is 10.1 Å². The Morgan fingerprint density at radius 2 is 2.08 bits per heavy atom. The highest BCUT2D eigenvalue weighted by Crippen LogP contribution is 2.17. The van der Waals surface area contributed by atoms with Gasteiger partial charge in [-0.25, -0.2) is 0 Å². The molecule has 24 heavy (non-hydrogen) atoms. The summed E-state index contributed by atoms with van der Waals surface area (Å²) in [6, 6.07) is 7.45. The molecule has 1 fully saturated rings. The predicted molar refractivity (Wildman–Crippen MR) is 98.3 cm³/mol. The Morgan fingerprint density at radius 3 is 2.75 bits per heavy atom. The average molecular weight is 399 g/mol. The number of halogens is 1. The summed E-state index contributed by atoms with van der Waals surface area (Å²) in [5.41, 5.74) is 0. The molecule has 1 amide bonds. The molecule has 1 aromatic carbocycles. The fourth-order valence-corrected chi connectivity index (χ4v) is 2.98. The van der Waals surface area contributed by atoms with Gasteiger partial charge >= 0.3 is 0 Å². The first-order valence-electron chi connectivity index (χ1n) is 8.48. The van der Waals surface area contributed by atoms with E-state index in [0.29, 0.717) is 18.2 Å². The molecule has 0 aromatic heterocycles. The fraction of sp³-hybridized carbons (Fsp3) is 0.611. The van der Waals surface area contributed by atoms with E-state index in [1.807, 2.05) is 24.3 Å². The van der Waals surface area contributed by atoms with E-state index in [4.69, 9.17) is 9.47 Å². The number of nitrogens with zero attached hydrogens (tertiary/aromatic N) is 1. The monoisotopic (exact) mass is 398 g/mol. The molecule has 1 saturated heterocycles. The van der Waals surface area contributed by atoms with E-state index in [1.165, 1.54) is 0 Å². The van der Waals surface area contributed by atoms with Crippen LogP contribution >= 0.6 is 15.9 Å².